The molecule has 0 spiro atoms. The lowest BCUT2D eigenvalue weighted by Crippen LogP contribution is -2.30. The molecule has 0 radical (unpaired) electrons. The van der Waals surface area contributed by atoms with Crippen LogP contribution < -0.4 is 14.8 Å². The number of benzene rings is 3. The second kappa shape index (κ2) is 9.60. The minimum Gasteiger partial charge on any atom is -0.493 e. The maximum absolute atomic E-state index is 12.3. The zero-order valence-corrected chi connectivity index (χ0v) is 16.2. The molecule has 1 N–H and O–H groups in total. The summed E-state index contributed by atoms with van der Waals surface area (Å²) in [6.07, 6.45) is 0.260. The molecule has 4 heteroatoms. The van der Waals surface area contributed by atoms with E-state index in [-0.39, 0.29) is 5.91 Å². The van der Waals surface area contributed by atoms with E-state index in [2.05, 4.69) is 17.4 Å². The van der Waals surface area contributed by atoms with Crippen LogP contribution in [-0.2, 0) is 11.2 Å². The first-order valence-corrected chi connectivity index (χ1v) is 9.41. The molecule has 0 saturated heterocycles. The highest BCUT2D eigenvalue weighted by molar-refractivity contribution is 5.94. The Balaban J connectivity index is 1.47. The van der Waals surface area contributed by atoms with Crippen molar-refractivity contribution in [2.45, 2.75) is 26.4 Å². The highest BCUT2D eigenvalue weighted by atomic mass is 16.5. The van der Waals surface area contributed by atoms with Crippen molar-refractivity contribution in [2.24, 2.45) is 0 Å². The Labute approximate surface area is 166 Å². The topological polar surface area (TPSA) is 47.6 Å². The second-order valence-corrected chi connectivity index (χ2v) is 6.67. The van der Waals surface area contributed by atoms with Gasteiger partial charge in [-0.25, -0.2) is 0 Å². The lowest BCUT2D eigenvalue weighted by molar-refractivity contribution is -0.122. The molecule has 1 atom stereocenters. The van der Waals surface area contributed by atoms with Crippen molar-refractivity contribution in [1.82, 2.24) is 0 Å². The molecule has 3 aromatic carbocycles. The van der Waals surface area contributed by atoms with Gasteiger partial charge in [-0.1, -0.05) is 42.5 Å². The van der Waals surface area contributed by atoms with Gasteiger partial charge in [-0.05, 0) is 61.4 Å². The molecule has 0 bridgehead atoms. The number of ether oxygens (including phenoxy) is 2. The van der Waals surface area contributed by atoms with E-state index >= 15 is 0 Å². The summed E-state index contributed by atoms with van der Waals surface area (Å²) < 4.78 is 11.5. The van der Waals surface area contributed by atoms with Crippen LogP contribution in [0.3, 0.4) is 0 Å². The van der Waals surface area contributed by atoms with E-state index in [9.17, 15) is 4.79 Å². The van der Waals surface area contributed by atoms with E-state index in [0.717, 1.165) is 17.7 Å². The molecule has 0 aliphatic rings. The molecule has 1 amide bonds. The van der Waals surface area contributed by atoms with Crippen LogP contribution in [0.5, 0.6) is 11.5 Å². The fraction of sp³-hybridized carbons (Fsp3) is 0.208. The Bertz CT molecular complexity index is 891. The highest BCUT2D eigenvalue weighted by Gasteiger charge is 2.15. The highest BCUT2D eigenvalue weighted by Crippen LogP contribution is 2.18. The zero-order valence-electron chi connectivity index (χ0n) is 16.2. The maximum Gasteiger partial charge on any atom is 0.265 e. The largest absolute Gasteiger partial charge is 0.493 e. The molecule has 0 aromatic heterocycles. The number of amides is 1. The number of nitrogens with one attached hydrogen (secondary N) is 1. The normalized spacial score (nSPS) is 11.5. The second-order valence-electron chi connectivity index (χ2n) is 6.67. The molecule has 0 saturated carbocycles. The van der Waals surface area contributed by atoms with Crippen molar-refractivity contribution in [2.75, 3.05) is 11.9 Å². The average molecular weight is 375 g/mol. The quantitative estimate of drug-likeness (QED) is 0.601. The van der Waals surface area contributed by atoms with Gasteiger partial charge in [0, 0.05) is 12.1 Å². The fourth-order valence-electron chi connectivity index (χ4n) is 2.76. The standard InChI is InChI=1S/C24H25NO3/c1-18-7-6-10-23(17-18)28-19(2)24(26)25-21-11-13-22(14-12-21)27-16-15-20-8-4-3-5-9-20/h3-14,17,19H,15-16H2,1-2H3,(H,25,26)/t19-/m1/s1. The molecule has 0 aliphatic heterocycles. The van der Waals surface area contributed by atoms with E-state index in [1.54, 1.807) is 6.92 Å². The molecule has 3 rings (SSSR count). The van der Waals surface area contributed by atoms with Gasteiger partial charge in [-0.3, -0.25) is 4.79 Å². The molecule has 0 unspecified atom stereocenters. The lowest BCUT2D eigenvalue weighted by Gasteiger charge is -2.15. The predicted molar refractivity (Wildman–Crippen MR) is 112 cm³/mol. The van der Waals surface area contributed by atoms with Gasteiger partial charge < -0.3 is 14.8 Å². The average Bonchev–Trinajstić information content (AvgIpc) is 2.70. The molecule has 4 nitrogen and oxygen atoms in total. The predicted octanol–water partition coefficient (Wildman–Crippen LogP) is 5.02. The van der Waals surface area contributed by atoms with Crippen molar-refractivity contribution in [3.8, 4) is 11.5 Å². The fourth-order valence-corrected chi connectivity index (χ4v) is 2.76. The Morgan fingerprint density at radius 3 is 2.39 bits per heavy atom. The number of carbonyl (C=O) groups is 1. The van der Waals surface area contributed by atoms with Crippen LogP contribution in [0.2, 0.25) is 0 Å². The zero-order chi connectivity index (χ0) is 19.8. The number of aryl methyl sites for hydroxylation is 1. The van der Waals surface area contributed by atoms with Crippen LogP contribution in [0.15, 0.2) is 78.9 Å². The maximum atomic E-state index is 12.3. The summed E-state index contributed by atoms with van der Waals surface area (Å²) in [5.41, 5.74) is 3.04. The van der Waals surface area contributed by atoms with Crippen molar-refractivity contribution < 1.29 is 14.3 Å². The van der Waals surface area contributed by atoms with Crippen LogP contribution in [0.1, 0.15) is 18.1 Å². The van der Waals surface area contributed by atoms with Gasteiger partial charge >= 0.3 is 0 Å². The van der Waals surface area contributed by atoms with Crippen molar-refractivity contribution in [3.05, 3.63) is 90.0 Å². The summed E-state index contributed by atoms with van der Waals surface area (Å²) in [5.74, 6) is 1.27. The molecule has 28 heavy (non-hydrogen) atoms. The molecule has 0 fully saturated rings. The summed E-state index contributed by atoms with van der Waals surface area (Å²) in [7, 11) is 0. The Hall–Kier alpha value is -3.27. The van der Waals surface area contributed by atoms with Crippen molar-refractivity contribution in [1.29, 1.82) is 0 Å². The van der Waals surface area contributed by atoms with Gasteiger partial charge in [0.05, 0.1) is 6.61 Å². The van der Waals surface area contributed by atoms with Crippen LogP contribution in [-0.4, -0.2) is 18.6 Å². The van der Waals surface area contributed by atoms with E-state index in [0.29, 0.717) is 18.0 Å². The molecule has 0 heterocycles. The first-order valence-electron chi connectivity index (χ1n) is 9.41. The molecular weight excluding hydrogens is 350 g/mol. The minimum absolute atomic E-state index is 0.195. The third kappa shape index (κ3) is 5.88. The summed E-state index contributed by atoms with van der Waals surface area (Å²) in [5, 5.41) is 2.87. The first kappa shape index (κ1) is 19.5. The van der Waals surface area contributed by atoms with E-state index in [1.807, 2.05) is 73.7 Å². The number of hydrogen-bond donors (Lipinski definition) is 1. The summed E-state index contributed by atoms with van der Waals surface area (Å²) >= 11 is 0. The summed E-state index contributed by atoms with van der Waals surface area (Å²) in [6.45, 7) is 4.33. The number of rotatable bonds is 8. The monoisotopic (exact) mass is 375 g/mol. The SMILES string of the molecule is Cc1cccc(O[C@H](C)C(=O)Nc2ccc(OCCc3ccccc3)cc2)c1. The van der Waals surface area contributed by atoms with Gasteiger partial charge in [0.1, 0.15) is 11.5 Å². The number of anilines is 1. The van der Waals surface area contributed by atoms with Crippen LogP contribution in [0, 0.1) is 6.92 Å². The van der Waals surface area contributed by atoms with Gasteiger partial charge in [0.2, 0.25) is 0 Å². The van der Waals surface area contributed by atoms with Gasteiger partial charge in [-0.15, -0.1) is 0 Å². The Kier molecular flexibility index (Phi) is 6.68. The molecule has 0 aliphatic carbocycles. The van der Waals surface area contributed by atoms with E-state index in [1.165, 1.54) is 5.56 Å². The first-order chi connectivity index (χ1) is 13.6. The number of carbonyl (C=O) groups excluding carboxylic acids is 1. The van der Waals surface area contributed by atoms with Crippen LogP contribution in [0.4, 0.5) is 5.69 Å². The Morgan fingerprint density at radius 2 is 1.68 bits per heavy atom. The summed E-state index contributed by atoms with van der Waals surface area (Å²) in [6, 6.07) is 25.2. The summed E-state index contributed by atoms with van der Waals surface area (Å²) in [4.78, 5) is 12.3. The third-order valence-electron chi connectivity index (χ3n) is 4.30. The van der Waals surface area contributed by atoms with Crippen LogP contribution >= 0.6 is 0 Å². The van der Waals surface area contributed by atoms with Crippen molar-refractivity contribution >= 4 is 11.6 Å². The Morgan fingerprint density at radius 1 is 0.929 bits per heavy atom. The number of hydrogen-bond acceptors (Lipinski definition) is 3. The molecule has 3 aromatic rings. The van der Waals surface area contributed by atoms with Gasteiger partial charge in [0.25, 0.3) is 5.91 Å². The van der Waals surface area contributed by atoms with Crippen LogP contribution in [0.25, 0.3) is 0 Å². The smallest absolute Gasteiger partial charge is 0.265 e. The molecular formula is C24H25NO3. The van der Waals surface area contributed by atoms with E-state index < -0.39 is 6.10 Å². The van der Waals surface area contributed by atoms with Gasteiger partial charge in [-0.2, -0.15) is 0 Å². The minimum atomic E-state index is -0.594. The van der Waals surface area contributed by atoms with Gasteiger partial charge in [0.15, 0.2) is 6.10 Å². The third-order valence-corrected chi connectivity index (χ3v) is 4.30. The van der Waals surface area contributed by atoms with E-state index in [4.69, 9.17) is 9.47 Å². The lowest BCUT2D eigenvalue weighted by atomic mass is 10.2. The van der Waals surface area contributed by atoms with Crippen molar-refractivity contribution in [3.63, 3.8) is 0 Å². The molecule has 144 valence electrons.